The molecule has 0 radical (unpaired) electrons. The molecule has 0 unspecified atom stereocenters. The summed E-state index contributed by atoms with van der Waals surface area (Å²) in [6.45, 7) is 3.01. The smallest absolute Gasteiger partial charge is 0.264 e. The summed E-state index contributed by atoms with van der Waals surface area (Å²) in [7, 11) is -4.23. The summed E-state index contributed by atoms with van der Waals surface area (Å²) in [6.07, 6.45) is 0.186. The normalized spacial score (nSPS) is 12.0. The number of carbonyl (C=O) groups excluding carboxylic acids is 2. The molecule has 0 heterocycles. The lowest BCUT2D eigenvalue weighted by Gasteiger charge is -2.34. The first kappa shape index (κ1) is 33.3. The molecule has 1 atom stereocenters. The Labute approximate surface area is 273 Å². The van der Waals surface area contributed by atoms with Crippen LogP contribution >= 0.6 is 34.8 Å². The predicted molar refractivity (Wildman–Crippen MR) is 177 cm³/mol. The highest BCUT2D eigenvalue weighted by Crippen LogP contribution is 2.27. The molecule has 7 nitrogen and oxygen atoms in total. The molecule has 1 N–H and O–H groups in total. The van der Waals surface area contributed by atoms with Crippen molar-refractivity contribution in [3.05, 3.63) is 129 Å². The van der Waals surface area contributed by atoms with E-state index in [0.717, 1.165) is 9.87 Å². The molecular formula is C33H32Cl3N3O4S. The maximum atomic E-state index is 14.4. The Morgan fingerprint density at radius 1 is 0.795 bits per heavy atom. The van der Waals surface area contributed by atoms with Crippen LogP contribution in [0.2, 0.25) is 15.1 Å². The number of para-hydroxylation sites is 1. The van der Waals surface area contributed by atoms with Gasteiger partial charge in [0.15, 0.2) is 0 Å². The highest BCUT2D eigenvalue weighted by atomic mass is 35.5. The summed E-state index contributed by atoms with van der Waals surface area (Å²) >= 11 is 18.7. The summed E-state index contributed by atoms with van der Waals surface area (Å²) < 4.78 is 29.0. The van der Waals surface area contributed by atoms with Gasteiger partial charge in [-0.25, -0.2) is 8.42 Å². The molecule has 0 fully saturated rings. The topological polar surface area (TPSA) is 86.8 Å². The largest absolute Gasteiger partial charge is 0.352 e. The third kappa shape index (κ3) is 8.54. The zero-order valence-electron chi connectivity index (χ0n) is 24.2. The van der Waals surface area contributed by atoms with Crippen LogP contribution in [-0.4, -0.2) is 43.8 Å². The molecule has 230 valence electrons. The van der Waals surface area contributed by atoms with E-state index >= 15 is 0 Å². The standard InChI is InChI=1S/C33H32Cl3N3O4S/c1-23(2)37-33(41)31(19-24-9-5-3-6-10-24)38(21-25-13-14-27(35)20-30(25)36)32(40)22-39(28-11-7-4-8-12-28)44(42,43)29-17-15-26(34)16-18-29/h3-18,20,23,31H,19,21-22H2,1-2H3,(H,37,41)/t31-/m0/s1. The van der Waals surface area contributed by atoms with Gasteiger partial charge < -0.3 is 10.2 Å². The van der Waals surface area contributed by atoms with Crippen molar-refractivity contribution in [3.63, 3.8) is 0 Å². The molecule has 0 aliphatic rings. The van der Waals surface area contributed by atoms with Crippen molar-refractivity contribution in [1.29, 1.82) is 0 Å². The molecule has 0 saturated heterocycles. The number of nitrogens with one attached hydrogen (secondary N) is 1. The van der Waals surface area contributed by atoms with Gasteiger partial charge in [-0.1, -0.05) is 89.4 Å². The maximum Gasteiger partial charge on any atom is 0.264 e. The first-order chi connectivity index (χ1) is 21.0. The van der Waals surface area contributed by atoms with Gasteiger partial charge >= 0.3 is 0 Å². The molecule has 2 amide bonds. The Morgan fingerprint density at radius 2 is 1.39 bits per heavy atom. The molecule has 4 aromatic rings. The van der Waals surface area contributed by atoms with E-state index in [9.17, 15) is 18.0 Å². The van der Waals surface area contributed by atoms with E-state index in [0.29, 0.717) is 20.6 Å². The van der Waals surface area contributed by atoms with Crippen LogP contribution in [0.1, 0.15) is 25.0 Å². The number of benzene rings is 4. The number of halogens is 3. The minimum Gasteiger partial charge on any atom is -0.352 e. The van der Waals surface area contributed by atoms with Crippen LogP contribution in [0.25, 0.3) is 0 Å². The van der Waals surface area contributed by atoms with Gasteiger partial charge in [-0.15, -0.1) is 0 Å². The Bertz CT molecular complexity index is 1690. The Balaban J connectivity index is 1.81. The first-order valence-corrected chi connectivity index (χ1v) is 16.4. The number of hydrogen-bond donors (Lipinski definition) is 1. The highest BCUT2D eigenvalue weighted by Gasteiger charge is 2.35. The number of amides is 2. The first-order valence-electron chi connectivity index (χ1n) is 13.9. The second-order valence-electron chi connectivity index (χ2n) is 10.4. The summed E-state index contributed by atoms with van der Waals surface area (Å²) in [5, 5.41) is 4.02. The van der Waals surface area contributed by atoms with Gasteiger partial charge in [0.25, 0.3) is 10.0 Å². The van der Waals surface area contributed by atoms with Gasteiger partial charge in [0.1, 0.15) is 12.6 Å². The van der Waals surface area contributed by atoms with E-state index in [1.54, 1.807) is 48.5 Å². The van der Waals surface area contributed by atoms with Crippen molar-refractivity contribution in [1.82, 2.24) is 10.2 Å². The molecule has 11 heteroatoms. The number of rotatable bonds is 12. The molecule has 0 aliphatic carbocycles. The number of carbonyl (C=O) groups is 2. The maximum absolute atomic E-state index is 14.4. The zero-order chi connectivity index (χ0) is 31.9. The van der Waals surface area contributed by atoms with Gasteiger partial charge in [-0.05, 0) is 73.5 Å². The third-order valence-electron chi connectivity index (χ3n) is 6.78. The molecule has 0 aliphatic heterocycles. The van der Waals surface area contributed by atoms with Gasteiger partial charge in [-0.3, -0.25) is 13.9 Å². The molecule has 0 saturated carbocycles. The molecule has 0 spiro atoms. The van der Waals surface area contributed by atoms with Gasteiger partial charge in [0.2, 0.25) is 11.8 Å². The Morgan fingerprint density at radius 3 is 1.98 bits per heavy atom. The Hall–Kier alpha value is -3.56. The van der Waals surface area contributed by atoms with E-state index in [2.05, 4.69) is 5.32 Å². The quantitative estimate of drug-likeness (QED) is 0.176. The lowest BCUT2D eigenvalue weighted by molar-refractivity contribution is -0.140. The van der Waals surface area contributed by atoms with E-state index in [1.807, 2.05) is 44.2 Å². The summed E-state index contributed by atoms with van der Waals surface area (Å²) in [6, 6.07) is 27.0. The fourth-order valence-electron chi connectivity index (χ4n) is 4.62. The van der Waals surface area contributed by atoms with E-state index in [1.165, 1.54) is 29.2 Å². The van der Waals surface area contributed by atoms with Crippen LogP contribution < -0.4 is 9.62 Å². The summed E-state index contributed by atoms with van der Waals surface area (Å²) in [5.74, 6) is -0.980. The predicted octanol–water partition coefficient (Wildman–Crippen LogP) is 7.01. The number of hydrogen-bond acceptors (Lipinski definition) is 4. The van der Waals surface area contributed by atoms with Crippen molar-refractivity contribution in [2.24, 2.45) is 0 Å². The van der Waals surface area contributed by atoms with Crippen molar-refractivity contribution in [3.8, 4) is 0 Å². The average Bonchev–Trinajstić information content (AvgIpc) is 2.99. The van der Waals surface area contributed by atoms with E-state index in [4.69, 9.17) is 34.8 Å². The second kappa shape index (κ2) is 14.9. The second-order valence-corrected chi connectivity index (χ2v) is 13.6. The third-order valence-corrected chi connectivity index (χ3v) is 9.41. The summed E-state index contributed by atoms with van der Waals surface area (Å²) in [4.78, 5) is 29.5. The molecular weight excluding hydrogens is 641 g/mol. The molecule has 4 rings (SSSR count). The van der Waals surface area contributed by atoms with Crippen LogP contribution in [-0.2, 0) is 32.6 Å². The minimum absolute atomic E-state index is 0.0377. The number of anilines is 1. The Kier molecular flexibility index (Phi) is 11.3. The van der Waals surface area contributed by atoms with Gasteiger partial charge in [-0.2, -0.15) is 0 Å². The lowest BCUT2D eigenvalue weighted by atomic mass is 10.0. The van der Waals surface area contributed by atoms with E-state index in [-0.39, 0.29) is 35.5 Å². The monoisotopic (exact) mass is 671 g/mol. The highest BCUT2D eigenvalue weighted by molar-refractivity contribution is 7.92. The fourth-order valence-corrected chi connectivity index (χ4v) is 6.63. The van der Waals surface area contributed by atoms with Crippen LogP contribution in [0.3, 0.4) is 0 Å². The molecule has 0 aromatic heterocycles. The summed E-state index contributed by atoms with van der Waals surface area (Å²) in [5.41, 5.74) is 1.66. The van der Waals surface area contributed by atoms with Gasteiger partial charge in [0.05, 0.1) is 10.6 Å². The van der Waals surface area contributed by atoms with Crippen LogP contribution in [0.5, 0.6) is 0 Å². The zero-order valence-corrected chi connectivity index (χ0v) is 27.2. The van der Waals surface area contributed by atoms with Crippen molar-refractivity contribution in [2.75, 3.05) is 10.8 Å². The average molecular weight is 673 g/mol. The van der Waals surface area contributed by atoms with E-state index < -0.39 is 28.5 Å². The number of sulfonamides is 1. The molecule has 44 heavy (non-hydrogen) atoms. The van der Waals surface area contributed by atoms with Crippen molar-refractivity contribution < 1.29 is 18.0 Å². The molecule has 4 aromatic carbocycles. The lowest BCUT2D eigenvalue weighted by Crippen LogP contribution is -2.54. The van der Waals surface area contributed by atoms with Crippen molar-refractivity contribution in [2.45, 2.75) is 43.8 Å². The molecule has 0 bridgehead atoms. The van der Waals surface area contributed by atoms with Crippen molar-refractivity contribution >= 4 is 62.3 Å². The van der Waals surface area contributed by atoms with Gasteiger partial charge in [0, 0.05) is 34.1 Å². The minimum atomic E-state index is -4.23. The SMILES string of the molecule is CC(C)NC(=O)[C@H](Cc1ccccc1)N(Cc1ccc(Cl)cc1Cl)C(=O)CN(c1ccccc1)S(=O)(=O)c1ccc(Cl)cc1. The number of nitrogens with zero attached hydrogens (tertiary/aromatic N) is 2. The fraction of sp³-hybridized carbons (Fsp3) is 0.212. The van der Waals surface area contributed by atoms with Crippen LogP contribution in [0, 0.1) is 0 Å². The van der Waals surface area contributed by atoms with Crippen LogP contribution in [0.4, 0.5) is 5.69 Å². The van der Waals surface area contributed by atoms with Crippen LogP contribution in [0.15, 0.2) is 108 Å².